The number of nitrogens with zero attached hydrogens (tertiary/aromatic N) is 7. The van der Waals surface area contributed by atoms with Gasteiger partial charge in [-0.3, -0.25) is 43.7 Å². The summed E-state index contributed by atoms with van der Waals surface area (Å²) in [4.78, 5) is 148. The summed E-state index contributed by atoms with van der Waals surface area (Å²) in [7, 11) is -3.72. The topological polar surface area (TPSA) is 535 Å². The summed E-state index contributed by atoms with van der Waals surface area (Å²) in [5.74, 6) is -1.89. The number of Topliss-reactive ketones (excluding diaryl/α,β-unsaturated/α-hetero) is 3. The number of ether oxygens (including phenoxy) is 3. The van der Waals surface area contributed by atoms with Crippen molar-refractivity contribution in [3.63, 3.8) is 0 Å². The normalized spacial score (nSPS) is 15.6. The zero-order valence-electron chi connectivity index (χ0n) is 80.3. The lowest BCUT2D eigenvalue weighted by Gasteiger charge is -2.32. The Morgan fingerprint density at radius 2 is 0.819 bits per heavy atom. The third-order valence-corrected chi connectivity index (χ3v) is 29.3. The Bertz CT molecular complexity index is 5620. The smallest absolute Gasteiger partial charge is 0.408 e. The molecule has 2 unspecified atom stereocenters. The van der Waals surface area contributed by atoms with Crippen LogP contribution in [0.3, 0.4) is 0 Å². The number of aliphatic imine (C=N–C) groups is 3. The van der Waals surface area contributed by atoms with Crippen LogP contribution in [-0.2, 0) is 45.0 Å². The van der Waals surface area contributed by atoms with Gasteiger partial charge in [0, 0.05) is 45.1 Å². The predicted molar refractivity (Wildman–Crippen MR) is 544 cm³/mol. The van der Waals surface area contributed by atoms with E-state index < -0.39 is 94.5 Å². The van der Waals surface area contributed by atoms with Crippen molar-refractivity contribution in [2.24, 2.45) is 79.0 Å². The molecule has 0 spiro atoms. The average Bonchev–Trinajstić information content (AvgIpc) is 1.11. The Kier molecular flexibility index (Phi) is 42.0. The number of rotatable bonds is 43. The Morgan fingerprint density at radius 3 is 1.20 bits per heavy atom. The minimum Gasteiger partial charge on any atom is -0.446 e. The van der Waals surface area contributed by atoms with Gasteiger partial charge < -0.3 is 85.8 Å². The molecule has 12 rings (SSSR count). The Hall–Kier alpha value is -12.1. The van der Waals surface area contributed by atoms with Crippen molar-refractivity contribution in [2.75, 3.05) is 45.8 Å². The number of aryl methyl sites for hydroxylation is 3. The Morgan fingerprint density at radius 1 is 0.449 bits per heavy atom. The fourth-order valence-electron chi connectivity index (χ4n) is 17.3. The van der Waals surface area contributed by atoms with Gasteiger partial charge in [0.15, 0.2) is 32.9 Å². The van der Waals surface area contributed by atoms with E-state index in [1.807, 2.05) is 194 Å². The standard InChI is InChI=1S/C34H47N7O6S2.C34H46N6O4S.C32H43N7O4S/c1-20(2)17-27(31(43)38-26(10-8-14-37-33(35)36)29(42)32-39-25-9-6-7-11-28(25)48-32)40-34(44)47-24-12-15-41(16-13-24)49(45,46)30-22(4)18-21(3)19-23(30)5;1-22(2)20-27(40-34(43)44-28(24-14-7-4-8-15-24)21-23-12-5-3-6-13-23)31(42)38-26(17-11-19-37-33(35)36)30(41)32-39-25-16-9-10-18-29(25)45-32;1-20(2)19-25(39-32(42)43-28(21-9-4-3-5-10-21)22-14-17-35-18-15-22)29(41)37-24(12-8-16-36-31(33)34)27(40)30-38-23-11-6-7-13-26(23)44-30/h6-7,9,11,18-20,24,26-27H,8,10,12-17H2,1-5H3,(H,38,43)(H,40,44)(H4,35,36,37);3,5-6,9-10,12-13,16,18,22,24,26-28H,4,7-8,11,14-15,17,19-21H2,1-2H3,(H,38,42)(H,40,43)(H4,35,36,37);3-7,9-11,13,20,22,24-25,28,35H,8,12,14-19H2,1-2H3,(H,37,41)(H,39,42)(H4,33,34,36)/t26-,27-;26-,27-,28?;24-,25-,28?/m000/s1. The fraction of sp³-hybridized carbons (Fsp3) is 0.490. The van der Waals surface area contributed by atoms with Crippen LogP contribution in [0, 0.1) is 50.4 Å². The van der Waals surface area contributed by atoms with Crippen LogP contribution >= 0.6 is 34.0 Å². The summed E-state index contributed by atoms with van der Waals surface area (Å²) in [6, 6.07) is 40.4. The fourth-order valence-corrected chi connectivity index (χ4v) is 22.1. The Balaban J connectivity index is 0.000000214. The second-order valence-electron chi connectivity index (χ2n) is 36.7. The maximum Gasteiger partial charge on any atom is 0.408 e. The van der Waals surface area contributed by atoms with E-state index >= 15 is 0 Å². The molecule has 0 radical (unpaired) electrons. The number of nitrogens with two attached hydrogens (primary N) is 6. The number of amides is 6. The zero-order chi connectivity index (χ0) is 99.5. The molecule has 38 heteroatoms. The van der Waals surface area contributed by atoms with Gasteiger partial charge in [-0.25, -0.2) is 37.8 Å². The summed E-state index contributed by atoms with van der Waals surface area (Å²) < 4.78 is 48.8. The summed E-state index contributed by atoms with van der Waals surface area (Å²) in [5.41, 5.74) is 39.3. The molecule has 34 nitrogen and oxygen atoms in total. The van der Waals surface area contributed by atoms with E-state index in [1.54, 1.807) is 13.8 Å². The van der Waals surface area contributed by atoms with E-state index in [0.717, 1.165) is 93.4 Å². The number of piperidine rings is 2. The molecule has 0 bridgehead atoms. The van der Waals surface area contributed by atoms with E-state index in [4.69, 9.17) is 48.6 Å². The Labute approximate surface area is 819 Å². The number of fused-ring (bicyclic) bond motifs is 3. The van der Waals surface area contributed by atoms with Crippen LogP contribution in [0.1, 0.15) is 220 Å². The number of aromatic nitrogens is 3. The molecule has 1 aliphatic carbocycles. The number of carbonyl (C=O) groups is 9. The molecule has 6 amide bonds. The van der Waals surface area contributed by atoms with E-state index in [-0.39, 0.29) is 102 Å². The van der Waals surface area contributed by atoms with E-state index in [2.05, 4.69) is 67.1 Å². The average molecular weight is 1970 g/mol. The quantitative estimate of drug-likeness (QED) is 0.00555. The summed E-state index contributed by atoms with van der Waals surface area (Å²) in [6.07, 6.45) is 8.33. The van der Waals surface area contributed by atoms with Crippen LogP contribution in [0.5, 0.6) is 0 Å². The third-order valence-electron chi connectivity index (χ3n) is 24.0. The number of hydrogen-bond donors (Lipinski definition) is 13. The predicted octanol–water partition coefficient (Wildman–Crippen LogP) is 13.2. The molecule has 9 aromatic rings. The van der Waals surface area contributed by atoms with Crippen LogP contribution < -0.4 is 71.6 Å². The lowest BCUT2D eigenvalue weighted by Crippen LogP contribution is -2.52. The highest BCUT2D eigenvalue weighted by molar-refractivity contribution is 7.89. The van der Waals surface area contributed by atoms with Crippen molar-refractivity contribution < 1.29 is 65.8 Å². The van der Waals surface area contributed by atoms with Crippen LogP contribution in [0.4, 0.5) is 14.4 Å². The molecule has 3 fully saturated rings. The molecule has 138 heavy (non-hydrogen) atoms. The minimum absolute atomic E-state index is 0.0264. The number of hydrogen-bond acceptors (Lipinski definition) is 24. The summed E-state index contributed by atoms with van der Waals surface area (Å²) in [6.45, 7) is 20.2. The van der Waals surface area contributed by atoms with Gasteiger partial charge in [-0.2, -0.15) is 4.31 Å². The van der Waals surface area contributed by atoms with Gasteiger partial charge in [-0.1, -0.05) is 176 Å². The second kappa shape index (κ2) is 53.7. The highest BCUT2D eigenvalue weighted by atomic mass is 32.2. The van der Waals surface area contributed by atoms with Crippen LogP contribution in [0.15, 0.2) is 165 Å². The highest BCUT2D eigenvalue weighted by Gasteiger charge is 2.39. The molecule has 19 N–H and O–H groups in total. The van der Waals surface area contributed by atoms with Gasteiger partial charge in [0.1, 0.15) is 36.4 Å². The molecule has 3 aromatic heterocycles. The van der Waals surface area contributed by atoms with E-state index in [9.17, 15) is 51.6 Å². The summed E-state index contributed by atoms with van der Waals surface area (Å²) in [5, 5.41) is 21.2. The first-order valence-corrected chi connectivity index (χ1v) is 51.5. The maximum absolute atomic E-state index is 13.7. The first-order valence-electron chi connectivity index (χ1n) is 47.6. The first-order chi connectivity index (χ1) is 66.0. The van der Waals surface area contributed by atoms with Gasteiger partial charge in [0.25, 0.3) is 0 Å². The van der Waals surface area contributed by atoms with Gasteiger partial charge in [-0.05, 0) is 212 Å². The molecule has 5 heterocycles. The maximum atomic E-state index is 13.7. The number of thiazole rings is 3. The SMILES string of the molecule is CC(C)C[C@H](NC(=O)OC(Cc1ccccc1)C1CCCCC1)C(=O)N[C@@H](CCCN=C(N)N)C(=O)c1nc2ccccc2s1.CC(C)C[C@H](NC(=O)OC(c1ccccc1)C1CCNCC1)C(=O)N[C@@H](CCCN=C(N)N)C(=O)c1nc2ccccc2s1.Cc1cc(C)c(S(=O)(=O)N2CCC(OC(=O)N[C@@H](CC(C)C)C(=O)N[C@@H](CCCN=C(N)N)C(=O)c3nc4ccccc4s3)CC2)c(C)c1. The van der Waals surface area contributed by atoms with Crippen molar-refractivity contribution in [1.82, 2.24) is 56.5 Å². The molecule has 2 saturated heterocycles. The first kappa shape index (κ1) is 108. The van der Waals surface area contributed by atoms with E-state index in [0.29, 0.717) is 115 Å². The molecule has 3 aliphatic rings. The number of benzene rings is 6. The molecular weight excluding hydrogens is 1830 g/mol. The number of carbonyl (C=O) groups excluding carboxylic acids is 9. The number of guanidine groups is 3. The van der Waals surface area contributed by atoms with Gasteiger partial charge in [0.05, 0.1) is 53.7 Å². The highest BCUT2D eigenvalue weighted by Crippen LogP contribution is 2.36. The third kappa shape index (κ3) is 33.6. The molecule has 2 aliphatic heterocycles. The number of para-hydroxylation sites is 3. The molecule has 6 aromatic carbocycles. The lowest BCUT2D eigenvalue weighted by atomic mass is 9.83. The van der Waals surface area contributed by atoms with E-state index in [1.165, 1.54) is 44.7 Å². The number of ketones is 3. The van der Waals surface area contributed by atoms with Crippen LogP contribution in [0.2, 0.25) is 0 Å². The molecule has 8 atom stereocenters. The van der Waals surface area contributed by atoms with Crippen molar-refractivity contribution in [2.45, 2.75) is 244 Å². The van der Waals surface area contributed by atoms with Crippen LogP contribution in [0.25, 0.3) is 30.6 Å². The molecule has 1 saturated carbocycles. The number of nitrogens with one attached hydrogen (secondary N) is 7. The van der Waals surface area contributed by atoms with Crippen molar-refractivity contribution in [3.05, 3.63) is 188 Å². The van der Waals surface area contributed by atoms with Crippen molar-refractivity contribution >= 4 is 146 Å². The van der Waals surface area contributed by atoms with Crippen molar-refractivity contribution in [1.29, 1.82) is 0 Å². The van der Waals surface area contributed by atoms with Crippen LogP contribution in [-0.4, -0.2) is 193 Å². The zero-order valence-corrected chi connectivity index (χ0v) is 83.5. The lowest BCUT2D eigenvalue weighted by molar-refractivity contribution is -0.124. The molecular formula is C100H136N20O14S4. The van der Waals surface area contributed by atoms with Gasteiger partial charge in [0.2, 0.25) is 45.1 Å². The second-order valence-corrected chi connectivity index (χ2v) is 41.6. The van der Waals surface area contributed by atoms with Gasteiger partial charge in [-0.15, -0.1) is 34.0 Å². The minimum atomic E-state index is -3.72. The molecule has 744 valence electrons. The monoisotopic (exact) mass is 1970 g/mol. The largest absolute Gasteiger partial charge is 0.446 e. The number of sulfonamides is 1. The summed E-state index contributed by atoms with van der Waals surface area (Å²) >= 11 is 3.81. The number of alkyl carbamates (subject to hydrolysis) is 3. The van der Waals surface area contributed by atoms with Crippen molar-refractivity contribution in [3.8, 4) is 0 Å². The van der Waals surface area contributed by atoms with Gasteiger partial charge >= 0.3 is 18.3 Å².